The summed E-state index contributed by atoms with van der Waals surface area (Å²) in [7, 11) is 0. The van der Waals surface area contributed by atoms with Crippen molar-refractivity contribution in [3.8, 4) is 0 Å². The summed E-state index contributed by atoms with van der Waals surface area (Å²) < 4.78 is 0. The normalized spacial score (nSPS) is 24.4. The first-order chi connectivity index (χ1) is 7.47. The Hall–Kier alpha value is -0.610. The molecule has 2 aliphatic rings. The van der Waals surface area contributed by atoms with Crippen molar-refractivity contribution < 1.29 is 9.63 Å². The lowest BCUT2D eigenvalue weighted by molar-refractivity contribution is -0.229. The van der Waals surface area contributed by atoms with E-state index in [-0.39, 0.29) is 5.97 Å². The van der Waals surface area contributed by atoms with Gasteiger partial charge in [-0.2, -0.15) is 0 Å². The molecule has 2 fully saturated rings. The maximum Gasteiger partial charge on any atom is 0.330 e. The Morgan fingerprint density at radius 1 is 1.19 bits per heavy atom. The average Bonchev–Trinajstić information content (AvgIpc) is 2.60. The predicted molar refractivity (Wildman–Crippen MR) is 61.7 cm³/mol. The highest BCUT2D eigenvalue weighted by atomic mass is 16.7. The van der Waals surface area contributed by atoms with Gasteiger partial charge in [0, 0.05) is 6.04 Å². The molecular formula is C12H22N2O2. The molecule has 0 radical (unpaired) electrons. The van der Waals surface area contributed by atoms with E-state index >= 15 is 0 Å². The Balaban J connectivity index is 1.70. The van der Waals surface area contributed by atoms with Gasteiger partial charge in [-0.3, -0.25) is 4.90 Å². The molecule has 0 amide bonds. The summed E-state index contributed by atoms with van der Waals surface area (Å²) in [4.78, 5) is 19.4. The lowest BCUT2D eigenvalue weighted by atomic mass is 9.98. The average molecular weight is 226 g/mol. The lowest BCUT2D eigenvalue weighted by Crippen LogP contribution is -2.59. The fraction of sp³-hybridized carbons (Fsp3) is 0.917. The second-order valence-corrected chi connectivity index (χ2v) is 5.87. The van der Waals surface area contributed by atoms with Crippen LogP contribution >= 0.6 is 0 Å². The molecule has 0 atom stereocenters. The van der Waals surface area contributed by atoms with Gasteiger partial charge in [-0.05, 0) is 46.7 Å². The van der Waals surface area contributed by atoms with Crippen LogP contribution < -0.4 is 0 Å². The number of carbonyl (C=O) groups is 1. The van der Waals surface area contributed by atoms with Crippen LogP contribution in [0.15, 0.2) is 0 Å². The van der Waals surface area contributed by atoms with E-state index in [1.165, 1.54) is 25.9 Å². The molecule has 4 nitrogen and oxygen atoms in total. The van der Waals surface area contributed by atoms with Crippen molar-refractivity contribution in [1.82, 2.24) is 9.96 Å². The molecule has 2 aliphatic heterocycles. The van der Waals surface area contributed by atoms with Crippen LogP contribution in [0.3, 0.4) is 0 Å². The number of nitrogens with zero attached hydrogens (tertiary/aromatic N) is 2. The van der Waals surface area contributed by atoms with Crippen LogP contribution in [0, 0.1) is 5.41 Å². The minimum atomic E-state index is -0.404. The Labute approximate surface area is 97.5 Å². The molecule has 16 heavy (non-hydrogen) atoms. The van der Waals surface area contributed by atoms with Crippen molar-refractivity contribution in [3.05, 3.63) is 0 Å². The van der Waals surface area contributed by atoms with E-state index < -0.39 is 5.41 Å². The van der Waals surface area contributed by atoms with E-state index in [0.29, 0.717) is 6.04 Å². The summed E-state index contributed by atoms with van der Waals surface area (Å²) >= 11 is 0. The van der Waals surface area contributed by atoms with Gasteiger partial charge in [0.2, 0.25) is 0 Å². The molecule has 92 valence electrons. The van der Waals surface area contributed by atoms with E-state index in [9.17, 15) is 4.79 Å². The standard InChI is InChI=1S/C12H22N2O2/c1-12(2,3)11(15)16-14-8-10(9-14)13-6-4-5-7-13/h10H,4-9H2,1-3H3. The molecule has 0 N–H and O–H groups in total. The molecule has 0 saturated carbocycles. The minimum Gasteiger partial charge on any atom is -0.367 e. The van der Waals surface area contributed by atoms with Crippen LogP contribution in [-0.4, -0.2) is 48.2 Å². The SMILES string of the molecule is CC(C)(C)C(=O)ON1CC(N2CCCC2)C1. The van der Waals surface area contributed by atoms with Gasteiger partial charge < -0.3 is 4.84 Å². The molecule has 0 aromatic heterocycles. The topological polar surface area (TPSA) is 32.8 Å². The first-order valence-electron chi connectivity index (χ1n) is 6.18. The summed E-state index contributed by atoms with van der Waals surface area (Å²) in [5, 5.41) is 1.79. The molecule has 0 bridgehead atoms. The Morgan fingerprint density at radius 2 is 1.75 bits per heavy atom. The molecular weight excluding hydrogens is 204 g/mol. The van der Waals surface area contributed by atoms with Crippen molar-refractivity contribution in [2.75, 3.05) is 26.2 Å². The first-order valence-corrected chi connectivity index (χ1v) is 6.18. The highest BCUT2D eigenvalue weighted by molar-refractivity contribution is 5.75. The van der Waals surface area contributed by atoms with Crippen molar-refractivity contribution in [2.24, 2.45) is 5.41 Å². The van der Waals surface area contributed by atoms with E-state index in [4.69, 9.17) is 4.84 Å². The zero-order chi connectivity index (χ0) is 11.8. The van der Waals surface area contributed by atoms with E-state index in [1.54, 1.807) is 5.06 Å². The van der Waals surface area contributed by atoms with Crippen LogP contribution in [0.4, 0.5) is 0 Å². The van der Waals surface area contributed by atoms with E-state index in [0.717, 1.165) is 13.1 Å². The maximum atomic E-state index is 11.6. The van der Waals surface area contributed by atoms with Crippen LogP contribution in [0.5, 0.6) is 0 Å². The molecule has 0 aromatic carbocycles. The second kappa shape index (κ2) is 4.34. The first kappa shape index (κ1) is 11.9. The van der Waals surface area contributed by atoms with E-state index in [2.05, 4.69) is 4.90 Å². The van der Waals surface area contributed by atoms with Gasteiger partial charge in [-0.15, -0.1) is 5.06 Å². The molecule has 0 aromatic rings. The van der Waals surface area contributed by atoms with Gasteiger partial charge in [-0.1, -0.05) is 0 Å². The van der Waals surface area contributed by atoms with Crippen molar-refractivity contribution in [1.29, 1.82) is 0 Å². The Morgan fingerprint density at radius 3 is 2.25 bits per heavy atom. The van der Waals surface area contributed by atoms with Crippen molar-refractivity contribution >= 4 is 5.97 Å². The molecule has 0 spiro atoms. The maximum absolute atomic E-state index is 11.6. The van der Waals surface area contributed by atoms with Crippen LogP contribution in [0.2, 0.25) is 0 Å². The number of rotatable bonds is 2. The summed E-state index contributed by atoms with van der Waals surface area (Å²) in [6, 6.07) is 0.607. The Kier molecular flexibility index (Phi) is 3.22. The summed E-state index contributed by atoms with van der Waals surface area (Å²) in [5.74, 6) is -0.132. The summed E-state index contributed by atoms with van der Waals surface area (Å²) in [6.07, 6.45) is 2.64. The van der Waals surface area contributed by atoms with Crippen LogP contribution in [0.1, 0.15) is 33.6 Å². The van der Waals surface area contributed by atoms with Gasteiger partial charge in [0.25, 0.3) is 0 Å². The predicted octanol–water partition coefficient (Wildman–Crippen LogP) is 1.27. The third kappa shape index (κ3) is 2.55. The van der Waals surface area contributed by atoms with E-state index in [1.807, 2.05) is 20.8 Å². The largest absolute Gasteiger partial charge is 0.367 e. The van der Waals surface area contributed by atoms with Gasteiger partial charge >= 0.3 is 5.97 Å². The minimum absolute atomic E-state index is 0.132. The fourth-order valence-electron chi connectivity index (χ4n) is 2.08. The third-order valence-corrected chi connectivity index (χ3v) is 3.31. The van der Waals surface area contributed by atoms with Crippen molar-refractivity contribution in [3.63, 3.8) is 0 Å². The zero-order valence-electron chi connectivity index (χ0n) is 10.5. The van der Waals surface area contributed by atoms with Crippen molar-refractivity contribution in [2.45, 2.75) is 39.7 Å². The molecule has 2 saturated heterocycles. The van der Waals surface area contributed by atoms with Crippen LogP contribution in [0.25, 0.3) is 0 Å². The second-order valence-electron chi connectivity index (χ2n) is 5.87. The molecule has 0 unspecified atom stereocenters. The lowest BCUT2D eigenvalue weighted by Gasteiger charge is -2.42. The van der Waals surface area contributed by atoms with Gasteiger partial charge in [-0.25, -0.2) is 4.79 Å². The molecule has 4 heteroatoms. The Bertz CT molecular complexity index is 261. The van der Waals surface area contributed by atoms with Gasteiger partial charge in [0.15, 0.2) is 0 Å². The highest BCUT2D eigenvalue weighted by Gasteiger charge is 2.37. The van der Waals surface area contributed by atoms with Gasteiger partial charge in [0.1, 0.15) is 0 Å². The van der Waals surface area contributed by atoms with Crippen LogP contribution in [-0.2, 0) is 9.63 Å². The van der Waals surface area contributed by atoms with Gasteiger partial charge in [0.05, 0.1) is 18.5 Å². The third-order valence-electron chi connectivity index (χ3n) is 3.31. The fourth-order valence-corrected chi connectivity index (χ4v) is 2.08. The zero-order valence-corrected chi connectivity index (χ0v) is 10.5. The number of hydrogen-bond donors (Lipinski definition) is 0. The number of hydrogen-bond acceptors (Lipinski definition) is 4. The number of carbonyl (C=O) groups excluding carboxylic acids is 1. The smallest absolute Gasteiger partial charge is 0.330 e. The number of likely N-dealkylation sites (tertiary alicyclic amines) is 1. The molecule has 2 rings (SSSR count). The number of hydroxylamine groups is 2. The molecule has 0 aliphatic carbocycles. The quantitative estimate of drug-likeness (QED) is 0.710. The summed E-state index contributed by atoms with van der Waals surface area (Å²) in [5.41, 5.74) is -0.404. The molecule has 2 heterocycles. The monoisotopic (exact) mass is 226 g/mol. The highest BCUT2D eigenvalue weighted by Crippen LogP contribution is 2.23. The summed E-state index contributed by atoms with van der Waals surface area (Å²) in [6.45, 7) is 9.83.